The van der Waals surface area contributed by atoms with Crippen molar-refractivity contribution in [1.29, 1.82) is 0 Å². The van der Waals surface area contributed by atoms with Crippen LogP contribution in [0.15, 0.2) is 22.4 Å². The van der Waals surface area contributed by atoms with Crippen LogP contribution in [0.1, 0.15) is 33.2 Å². The van der Waals surface area contributed by atoms with E-state index in [1.54, 1.807) is 23.5 Å². The van der Waals surface area contributed by atoms with Crippen molar-refractivity contribution in [2.75, 3.05) is 0 Å². The summed E-state index contributed by atoms with van der Waals surface area (Å²) in [5.74, 6) is 0. The highest BCUT2D eigenvalue weighted by Crippen LogP contribution is 2.28. The van der Waals surface area contributed by atoms with E-state index < -0.39 is 10.0 Å². The third-order valence-corrected chi connectivity index (χ3v) is 7.10. The Bertz CT molecular complexity index is 701. The van der Waals surface area contributed by atoms with Crippen LogP contribution in [-0.2, 0) is 16.6 Å². The molecule has 0 amide bonds. The van der Waals surface area contributed by atoms with Crippen molar-refractivity contribution >= 4 is 32.7 Å². The van der Waals surface area contributed by atoms with Crippen molar-refractivity contribution in [3.05, 3.63) is 38.4 Å². The highest BCUT2D eigenvalue weighted by atomic mass is 32.2. The van der Waals surface area contributed by atoms with Gasteiger partial charge in [0.1, 0.15) is 4.21 Å². The summed E-state index contributed by atoms with van der Waals surface area (Å²) in [6, 6.07) is 5.15. The van der Waals surface area contributed by atoms with Gasteiger partial charge in [-0.2, -0.15) is 0 Å². The number of thiophene rings is 2. The lowest BCUT2D eigenvalue weighted by Crippen LogP contribution is -2.26. The zero-order chi connectivity index (χ0) is 14.9. The molecular formula is C13H18N2O2S3. The molecule has 2 aromatic rings. The summed E-state index contributed by atoms with van der Waals surface area (Å²) < 4.78 is 27.7. The maximum Gasteiger partial charge on any atom is 0.250 e. The lowest BCUT2D eigenvalue weighted by molar-refractivity contribution is 0.569. The Morgan fingerprint density at radius 3 is 2.50 bits per heavy atom. The summed E-state index contributed by atoms with van der Waals surface area (Å²) in [5, 5.41) is 0. The molecule has 0 radical (unpaired) electrons. The zero-order valence-corrected chi connectivity index (χ0v) is 14.1. The third-order valence-electron chi connectivity index (χ3n) is 2.98. The molecular weight excluding hydrogens is 312 g/mol. The summed E-state index contributed by atoms with van der Waals surface area (Å²) in [7, 11) is -3.49. The van der Waals surface area contributed by atoms with Crippen LogP contribution in [0, 0.1) is 13.8 Å². The first kappa shape index (κ1) is 15.7. The number of sulfonamides is 1. The summed E-state index contributed by atoms with van der Waals surface area (Å²) in [5.41, 5.74) is 6.55. The molecule has 1 atom stereocenters. The van der Waals surface area contributed by atoms with Crippen molar-refractivity contribution in [1.82, 2.24) is 4.72 Å². The molecule has 4 nitrogen and oxygen atoms in total. The van der Waals surface area contributed by atoms with Crippen LogP contribution in [0.2, 0.25) is 0 Å². The first-order valence-electron chi connectivity index (χ1n) is 6.21. The molecule has 0 aliphatic rings. The zero-order valence-electron chi connectivity index (χ0n) is 11.6. The fourth-order valence-corrected chi connectivity index (χ4v) is 5.54. The summed E-state index contributed by atoms with van der Waals surface area (Å²) in [6.45, 7) is 6.26. The van der Waals surface area contributed by atoms with Crippen LogP contribution in [0.3, 0.4) is 0 Å². The van der Waals surface area contributed by atoms with Crippen LogP contribution < -0.4 is 10.5 Å². The second kappa shape index (κ2) is 5.95. The minimum atomic E-state index is -3.49. The van der Waals surface area contributed by atoms with E-state index in [4.69, 9.17) is 5.73 Å². The minimum absolute atomic E-state index is 0.242. The largest absolute Gasteiger partial charge is 0.326 e. The maximum atomic E-state index is 12.3. The predicted molar refractivity (Wildman–Crippen MR) is 84.7 cm³/mol. The Kier molecular flexibility index (Phi) is 4.66. The van der Waals surface area contributed by atoms with Gasteiger partial charge in [-0.25, -0.2) is 13.1 Å². The van der Waals surface area contributed by atoms with E-state index >= 15 is 0 Å². The van der Waals surface area contributed by atoms with E-state index in [2.05, 4.69) is 4.72 Å². The highest BCUT2D eigenvalue weighted by Gasteiger charge is 2.21. The normalized spacial score (nSPS) is 13.6. The van der Waals surface area contributed by atoms with E-state index in [1.807, 2.05) is 26.8 Å². The fourth-order valence-electron chi connectivity index (χ4n) is 2.05. The summed E-state index contributed by atoms with van der Waals surface area (Å²) in [4.78, 5) is 3.19. The maximum absolute atomic E-state index is 12.3. The number of hydrogen-bond donors (Lipinski definition) is 2. The van der Waals surface area contributed by atoms with Crippen LogP contribution in [0.4, 0.5) is 0 Å². The SMILES string of the molecule is Cc1cc(C(C)NS(=O)(=O)c2ccc(CN)s2)c(C)s1. The molecule has 7 heteroatoms. The average Bonchev–Trinajstić information content (AvgIpc) is 2.95. The van der Waals surface area contributed by atoms with Crippen molar-refractivity contribution in [2.45, 2.75) is 37.6 Å². The molecule has 1 unspecified atom stereocenters. The smallest absolute Gasteiger partial charge is 0.250 e. The molecule has 0 aromatic carbocycles. The van der Waals surface area contributed by atoms with Crippen LogP contribution >= 0.6 is 22.7 Å². The Hall–Kier alpha value is -0.730. The van der Waals surface area contributed by atoms with E-state index in [1.165, 1.54) is 16.2 Å². The highest BCUT2D eigenvalue weighted by molar-refractivity contribution is 7.91. The number of hydrogen-bond acceptors (Lipinski definition) is 5. The first-order chi connectivity index (χ1) is 9.33. The van der Waals surface area contributed by atoms with Gasteiger partial charge in [-0.3, -0.25) is 0 Å². The van der Waals surface area contributed by atoms with Gasteiger partial charge < -0.3 is 5.73 Å². The van der Waals surface area contributed by atoms with Gasteiger partial charge in [-0.15, -0.1) is 22.7 Å². The predicted octanol–water partition coefficient (Wildman–Crippen LogP) is 2.92. The fraction of sp³-hybridized carbons (Fsp3) is 0.385. The molecule has 2 rings (SSSR count). The lowest BCUT2D eigenvalue weighted by atomic mass is 10.1. The molecule has 0 aliphatic heterocycles. The Morgan fingerprint density at radius 2 is 2.00 bits per heavy atom. The second-order valence-corrected chi connectivity index (χ2v) is 9.21. The Balaban J connectivity index is 2.21. The second-order valence-electron chi connectivity index (χ2n) is 4.64. The summed E-state index contributed by atoms with van der Waals surface area (Å²) in [6.07, 6.45) is 0. The molecule has 0 saturated carbocycles. The van der Waals surface area contributed by atoms with E-state index in [0.717, 1.165) is 15.3 Å². The molecule has 0 fully saturated rings. The minimum Gasteiger partial charge on any atom is -0.326 e. The van der Waals surface area contributed by atoms with Gasteiger partial charge >= 0.3 is 0 Å². The molecule has 0 spiro atoms. The van der Waals surface area contributed by atoms with Crippen LogP contribution in [0.25, 0.3) is 0 Å². The molecule has 110 valence electrons. The van der Waals surface area contributed by atoms with E-state index in [-0.39, 0.29) is 6.04 Å². The van der Waals surface area contributed by atoms with Gasteiger partial charge in [-0.1, -0.05) is 0 Å². The average molecular weight is 330 g/mol. The monoisotopic (exact) mass is 330 g/mol. The molecule has 0 aliphatic carbocycles. The molecule has 3 N–H and O–H groups in total. The quantitative estimate of drug-likeness (QED) is 0.885. The van der Waals surface area contributed by atoms with Crippen molar-refractivity contribution < 1.29 is 8.42 Å². The lowest BCUT2D eigenvalue weighted by Gasteiger charge is -2.13. The van der Waals surface area contributed by atoms with Gasteiger partial charge in [0, 0.05) is 27.2 Å². The number of aryl methyl sites for hydroxylation is 2. The summed E-state index contributed by atoms with van der Waals surface area (Å²) >= 11 is 2.89. The molecule has 0 bridgehead atoms. The van der Waals surface area contributed by atoms with Crippen LogP contribution in [-0.4, -0.2) is 8.42 Å². The number of nitrogens with one attached hydrogen (secondary N) is 1. The van der Waals surface area contributed by atoms with Gasteiger partial charge in [0.2, 0.25) is 0 Å². The topological polar surface area (TPSA) is 72.2 Å². The molecule has 2 heterocycles. The van der Waals surface area contributed by atoms with Gasteiger partial charge in [0.05, 0.1) is 0 Å². The molecule has 2 aromatic heterocycles. The van der Waals surface area contributed by atoms with E-state index in [0.29, 0.717) is 10.8 Å². The van der Waals surface area contributed by atoms with E-state index in [9.17, 15) is 8.42 Å². The first-order valence-corrected chi connectivity index (χ1v) is 9.33. The standard InChI is InChI=1S/C13H18N2O2S3/c1-8-6-12(10(3)18-8)9(2)15-20(16,17)13-5-4-11(7-14)19-13/h4-6,9,15H,7,14H2,1-3H3. The van der Waals surface area contributed by atoms with Crippen molar-refractivity contribution in [3.8, 4) is 0 Å². The number of nitrogens with two attached hydrogens (primary N) is 1. The molecule has 0 saturated heterocycles. The van der Waals surface area contributed by atoms with Crippen LogP contribution in [0.5, 0.6) is 0 Å². The van der Waals surface area contributed by atoms with Crippen molar-refractivity contribution in [2.24, 2.45) is 5.73 Å². The Morgan fingerprint density at radius 1 is 1.30 bits per heavy atom. The van der Waals surface area contributed by atoms with Gasteiger partial charge in [-0.05, 0) is 44.5 Å². The third kappa shape index (κ3) is 3.29. The van der Waals surface area contributed by atoms with Crippen molar-refractivity contribution in [3.63, 3.8) is 0 Å². The number of rotatable bonds is 5. The van der Waals surface area contributed by atoms with Gasteiger partial charge in [0.25, 0.3) is 10.0 Å². The Labute approximate surface area is 127 Å². The molecule has 20 heavy (non-hydrogen) atoms. The van der Waals surface area contributed by atoms with Gasteiger partial charge in [0.15, 0.2) is 0 Å².